The third-order valence-electron chi connectivity index (χ3n) is 2.84. The number of rotatable bonds is 4. The van der Waals surface area contributed by atoms with Crippen LogP contribution in [0.15, 0.2) is 36.4 Å². The van der Waals surface area contributed by atoms with Gasteiger partial charge in [-0.2, -0.15) is 0 Å². The summed E-state index contributed by atoms with van der Waals surface area (Å²) in [5, 5.41) is 9.72. The Kier molecular flexibility index (Phi) is 3.80. The first-order valence-electron chi connectivity index (χ1n) is 5.78. The Morgan fingerprint density at radius 3 is 2.16 bits per heavy atom. The fourth-order valence-corrected chi connectivity index (χ4v) is 1.90. The first-order chi connectivity index (χ1) is 9.17. The second-order valence-electron chi connectivity index (χ2n) is 3.99. The maximum absolute atomic E-state index is 9.72. The molecule has 1 N–H and O–H groups in total. The van der Waals surface area contributed by atoms with Crippen LogP contribution in [0.2, 0.25) is 0 Å². The lowest BCUT2D eigenvalue weighted by atomic mass is 10.0. The van der Waals surface area contributed by atoms with E-state index in [4.69, 9.17) is 14.2 Å². The Hall–Kier alpha value is -2.36. The van der Waals surface area contributed by atoms with Crippen LogP contribution in [0.4, 0.5) is 0 Å². The van der Waals surface area contributed by atoms with Gasteiger partial charge in [-0.1, -0.05) is 0 Å². The molecule has 0 aromatic heterocycles. The smallest absolute Gasteiger partial charge is 0.126 e. The van der Waals surface area contributed by atoms with E-state index in [0.29, 0.717) is 11.5 Å². The number of benzene rings is 2. The summed E-state index contributed by atoms with van der Waals surface area (Å²) in [4.78, 5) is 0. The quantitative estimate of drug-likeness (QED) is 0.917. The van der Waals surface area contributed by atoms with E-state index >= 15 is 0 Å². The molecule has 0 unspecified atom stereocenters. The van der Waals surface area contributed by atoms with Gasteiger partial charge in [0.05, 0.1) is 21.3 Å². The molecule has 4 nitrogen and oxygen atoms in total. The molecular formula is C15H16O4. The van der Waals surface area contributed by atoms with Crippen molar-refractivity contribution < 1.29 is 19.3 Å². The van der Waals surface area contributed by atoms with Crippen molar-refractivity contribution in [2.75, 3.05) is 21.3 Å². The number of phenolic OH excluding ortho intramolecular Hbond substituents is 1. The van der Waals surface area contributed by atoms with Crippen molar-refractivity contribution in [3.63, 3.8) is 0 Å². The van der Waals surface area contributed by atoms with Crippen LogP contribution in [0.25, 0.3) is 11.1 Å². The van der Waals surface area contributed by atoms with Gasteiger partial charge in [0.15, 0.2) is 0 Å². The van der Waals surface area contributed by atoms with Crippen LogP contribution in [0.1, 0.15) is 0 Å². The van der Waals surface area contributed by atoms with Crippen molar-refractivity contribution in [2.45, 2.75) is 0 Å². The highest BCUT2D eigenvalue weighted by Crippen LogP contribution is 2.36. The van der Waals surface area contributed by atoms with Gasteiger partial charge in [-0.25, -0.2) is 0 Å². The number of hydrogen-bond acceptors (Lipinski definition) is 4. The first kappa shape index (κ1) is 13.1. The van der Waals surface area contributed by atoms with Gasteiger partial charge in [-0.3, -0.25) is 0 Å². The second kappa shape index (κ2) is 5.52. The van der Waals surface area contributed by atoms with Crippen LogP contribution in [0, 0.1) is 0 Å². The summed E-state index contributed by atoms with van der Waals surface area (Å²) in [6, 6.07) is 10.5. The molecule has 0 aliphatic heterocycles. The molecule has 0 aliphatic rings. The van der Waals surface area contributed by atoms with E-state index in [-0.39, 0.29) is 5.75 Å². The third kappa shape index (κ3) is 2.73. The summed E-state index contributed by atoms with van der Waals surface area (Å²) >= 11 is 0. The standard InChI is InChI=1S/C15H16O4/c1-17-12-4-5-15(19-3)14(9-12)10-6-11(16)8-13(7-10)18-2/h4-9,16H,1-3H3. The lowest BCUT2D eigenvalue weighted by molar-refractivity contribution is 0.403. The number of hydrogen-bond donors (Lipinski definition) is 1. The fourth-order valence-electron chi connectivity index (χ4n) is 1.90. The van der Waals surface area contributed by atoms with Crippen molar-refractivity contribution in [2.24, 2.45) is 0 Å². The van der Waals surface area contributed by atoms with E-state index in [1.165, 1.54) is 0 Å². The predicted molar refractivity (Wildman–Crippen MR) is 73.2 cm³/mol. The Morgan fingerprint density at radius 1 is 0.789 bits per heavy atom. The fraction of sp³-hybridized carbons (Fsp3) is 0.200. The van der Waals surface area contributed by atoms with E-state index < -0.39 is 0 Å². The van der Waals surface area contributed by atoms with Crippen LogP contribution in [-0.4, -0.2) is 26.4 Å². The average molecular weight is 260 g/mol. The molecule has 0 radical (unpaired) electrons. The van der Waals surface area contributed by atoms with Gasteiger partial charge in [-0.05, 0) is 35.9 Å². The van der Waals surface area contributed by atoms with Gasteiger partial charge >= 0.3 is 0 Å². The van der Waals surface area contributed by atoms with Crippen LogP contribution in [-0.2, 0) is 0 Å². The molecule has 0 saturated carbocycles. The van der Waals surface area contributed by atoms with Crippen LogP contribution in [0.3, 0.4) is 0 Å². The number of aromatic hydroxyl groups is 1. The minimum Gasteiger partial charge on any atom is -0.508 e. The SMILES string of the molecule is COc1cc(O)cc(-c2cc(OC)ccc2OC)c1. The summed E-state index contributed by atoms with van der Waals surface area (Å²) in [6.07, 6.45) is 0. The van der Waals surface area contributed by atoms with Crippen LogP contribution in [0.5, 0.6) is 23.0 Å². The summed E-state index contributed by atoms with van der Waals surface area (Å²) in [7, 11) is 4.77. The molecular weight excluding hydrogens is 244 g/mol. The summed E-state index contributed by atoms with van der Waals surface area (Å²) in [5.74, 6) is 2.14. The molecule has 2 aromatic carbocycles. The third-order valence-corrected chi connectivity index (χ3v) is 2.84. The van der Waals surface area contributed by atoms with Gasteiger partial charge in [-0.15, -0.1) is 0 Å². The van der Waals surface area contributed by atoms with Gasteiger partial charge in [0, 0.05) is 11.6 Å². The molecule has 0 fully saturated rings. The number of ether oxygens (including phenoxy) is 3. The number of phenols is 1. The van der Waals surface area contributed by atoms with Crippen molar-refractivity contribution >= 4 is 0 Å². The minimum atomic E-state index is 0.138. The molecule has 0 amide bonds. The molecule has 0 atom stereocenters. The maximum atomic E-state index is 9.72. The maximum Gasteiger partial charge on any atom is 0.126 e. The highest BCUT2D eigenvalue weighted by molar-refractivity contribution is 5.74. The monoisotopic (exact) mass is 260 g/mol. The summed E-state index contributed by atoms with van der Waals surface area (Å²) < 4.78 is 15.7. The molecule has 2 aromatic rings. The van der Waals surface area contributed by atoms with Gasteiger partial charge < -0.3 is 19.3 Å². The number of methoxy groups -OCH3 is 3. The van der Waals surface area contributed by atoms with Crippen molar-refractivity contribution in [1.29, 1.82) is 0 Å². The Morgan fingerprint density at radius 2 is 1.53 bits per heavy atom. The van der Waals surface area contributed by atoms with E-state index in [1.54, 1.807) is 33.5 Å². The Bertz CT molecular complexity index is 578. The Balaban J connectivity index is 2.59. The molecule has 0 heterocycles. The van der Waals surface area contributed by atoms with E-state index in [2.05, 4.69) is 0 Å². The Labute approximate surface area is 112 Å². The minimum absolute atomic E-state index is 0.138. The van der Waals surface area contributed by atoms with E-state index in [1.807, 2.05) is 24.3 Å². The first-order valence-corrected chi connectivity index (χ1v) is 5.78. The average Bonchev–Trinajstić information content (AvgIpc) is 2.45. The normalized spacial score (nSPS) is 10.1. The van der Waals surface area contributed by atoms with Crippen LogP contribution >= 0.6 is 0 Å². The zero-order valence-corrected chi connectivity index (χ0v) is 11.1. The lowest BCUT2D eigenvalue weighted by Crippen LogP contribution is -1.91. The van der Waals surface area contributed by atoms with Crippen molar-refractivity contribution in [3.8, 4) is 34.1 Å². The van der Waals surface area contributed by atoms with Gasteiger partial charge in [0.2, 0.25) is 0 Å². The van der Waals surface area contributed by atoms with Crippen molar-refractivity contribution in [3.05, 3.63) is 36.4 Å². The molecule has 2 rings (SSSR count). The molecule has 0 bridgehead atoms. The van der Waals surface area contributed by atoms with Gasteiger partial charge in [0.1, 0.15) is 23.0 Å². The topological polar surface area (TPSA) is 47.9 Å². The lowest BCUT2D eigenvalue weighted by Gasteiger charge is -2.12. The van der Waals surface area contributed by atoms with E-state index in [0.717, 1.165) is 16.9 Å². The molecule has 100 valence electrons. The van der Waals surface area contributed by atoms with E-state index in [9.17, 15) is 5.11 Å². The predicted octanol–water partition coefficient (Wildman–Crippen LogP) is 3.09. The molecule has 0 saturated heterocycles. The molecule has 0 spiro atoms. The van der Waals surface area contributed by atoms with Crippen molar-refractivity contribution in [1.82, 2.24) is 0 Å². The molecule has 19 heavy (non-hydrogen) atoms. The van der Waals surface area contributed by atoms with Crippen LogP contribution < -0.4 is 14.2 Å². The molecule has 4 heteroatoms. The summed E-state index contributed by atoms with van der Waals surface area (Å²) in [6.45, 7) is 0. The zero-order valence-electron chi connectivity index (χ0n) is 11.1. The zero-order chi connectivity index (χ0) is 13.8. The molecule has 0 aliphatic carbocycles. The highest BCUT2D eigenvalue weighted by atomic mass is 16.5. The largest absolute Gasteiger partial charge is 0.508 e. The highest BCUT2D eigenvalue weighted by Gasteiger charge is 2.10. The van der Waals surface area contributed by atoms with Gasteiger partial charge in [0.25, 0.3) is 0 Å². The summed E-state index contributed by atoms with van der Waals surface area (Å²) in [5.41, 5.74) is 1.63. The second-order valence-corrected chi connectivity index (χ2v) is 3.99.